The van der Waals surface area contributed by atoms with Crippen molar-refractivity contribution in [2.45, 2.75) is 25.4 Å². The molecule has 21 heavy (non-hydrogen) atoms. The average molecular weight is 289 g/mol. The van der Waals surface area contributed by atoms with Crippen LogP contribution in [0.15, 0.2) is 24.3 Å². The molecule has 2 aliphatic heterocycles. The Bertz CT molecular complexity index is 483. The van der Waals surface area contributed by atoms with Crippen LogP contribution < -0.4 is 5.32 Å². The number of amides is 1. The fourth-order valence-corrected chi connectivity index (χ4v) is 3.23. The molecule has 3 rings (SSSR count). The van der Waals surface area contributed by atoms with Gasteiger partial charge in [-0.2, -0.15) is 0 Å². The number of carbonyl (C=O) groups is 1. The molecule has 1 aromatic rings. The second-order valence-corrected chi connectivity index (χ2v) is 5.87. The van der Waals surface area contributed by atoms with Gasteiger partial charge in [0, 0.05) is 32.7 Å². The predicted octanol–water partition coefficient (Wildman–Crippen LogP) is 0.788. The molecule has 0 spiro atoms. The highest BCUT2D eigenvalue weighted by atomic mass is 16.3. The summed E-state index contributed by atoms with van der Waals surface area (Å²) in [5.74, 6) is 0.571. The molecule has 0 aliphatic carbocycles. The first-order valence-electron chi connectivity index (χ1n) is 7.75. The Kier molecular flexibility index (Phi) is 4.41. The minimum atomic E-state index is 0.0249. The lowest BCUT2D eigenvalue weighted by molar-refractivity contribution is -0.136. The highest BCUT2D eigenvalue weighted by Crippen LogP contribution is 2.22. The number of hydrogen-bond donors (Lipinski definition) is 2. The Morgan fingerprint density at radius 3 is 2.62 bits per heavy atom. The van der Waals surface area contributed by atoms with E-state index in [9.17, 15) is 9.90 Å². The maximum atomic E-state index is 12.7. The molecular formula is C16H23N3O2. The van der Waals surface area contributed by atoms with E-state index in [1.807, 2.05) is 17.0 Å². The zero-order valence-electron chi connectivity index (χ0n) is 12.3. The van der Waals surface area contributed by atoms with Crippen molar-refractivity contribution in [3.63, 3.8) is 0 Å². The van der Waals surface area contributed by atoms with E-state index in [2.05, 4.69) is 10.2 Å². The summed E-state index contributed by atoms with van der Waals surface area (Å²) >= 11 is 0. The summed E-state index contributed by atoms with van der Waals surface area (Å²) in [5.41, 5.74) is 1.15. The highest BCUT2D eigenvalue weighted by Gasteiger charge is 2.33. The minimum absolute atomic E-state index is 0.0249. The normalized spacial score (nSPS) is 23.4. The lowest BCUT2D eigenvalue weighted by atomic mass is 10.1. The van der Waals surface area contributed by atoms with Crippen molar-refractivity contribution in [1.82, 2.24) is 15.1 Å². The van der Waals surface area contributed by atoms with Gasteiger partial charge in [0.05, 0.1) is 6.04 Å². The number of carbonyl (C=O) groups excluding carboxylic acids is 1. The van der Waals surface area contributed by atoms with Gasteiger partial charge in [-0.25, -0.2) is 0 Å². The van der Waals surface area contributed by atoms with Crippen LogP contribution in [0.1, 0.15) is 18.4 Å². The summed E-state index contributed by atoms with van der Waals surface area (Å²) < 4.78 is 0. The number of nitrogens with zero attached hydrogens (tertiary/aromatic N) is 2. The molecule has 1 unspecified atom stereocenters. The van der Waals surface area contributed by atoms with Gasteiger partial charge in [-0.15, -0.1) is 0 Å². The van der Waals surface area contributed by atoms with Crippen LogP contribution in [-0.2, 0) is 11.3 Å². The molecule has 0 saturated carbocycles. The van der Waals surface area contributed by atoms with Crippen molar-refractivity contribution < 1.29 is 9.90 Å². The van der Waals surface area contributed by atoms with Crippen LogP contribution in [0.4, 0.5) is 0 Å². The number of phenolic OH excluding ortho intramolecular Hbond substituents is 1. The zero-order chi connectivity index (χ0) is 14.7. The van der Waals surface area contributed by atoms with E-state index >= 15 is 0 Å². The SMILES string of the molecule is O=C(C1CCCN1Cc1ccc(O)cc1)N1CCNCC1. The number of hydrogen-bond acceptors (Lipinski definition) is 4. The molecule has 2 heterocycles. The van der Waals surface area contributed by atoms with Gasteiger partial charge < -0.3 is 15.3 Å². The summed E-state index contributed by atoms with van der Waals surface area (Å²) in [7, 11) is 0. The monoisotopic (exact) mass is 289 g/mol. The van der Waals surface area contributed by atoms with E-state index in [-0.39, 0.29) is 17.7 Å². The van der Waals surface area contributed by atoms with Crippen molar-refractivity contribution in [2.75, 3.05) is 32.7 Å². The van der Waals surface area contributed by atoms with Crippen molar-refractivity contribution in [3.05, 3.63) is 29.8 Å². The molecule has 5 heteroatoms. The molecule has 1 aromatic carbocycles. The Labute approximate surface area is 125 Å². The van der Waals surface area contributed by atoms with E-state index in [1.165, 1.54) is 0 Å². The van der Waals surface area contributed by atoms with Gasteiger partial charge in [-0.1, -0.05) is 12.1 Å². The largest absolute Gasteiger partial charge is 0.508 e. The number of likely N-dealkylation sites (tertiary alicyclic amines) is 1. The smallest absolute Gasteiger partial charge is 0.240 e. The quantitative estimate of drug-likeness (QED) is 0.864. The maximum absolute atomic E-state index is 12.7. The lowest BCUT2D eigenvalue weighted by Crippen LogP contribution is -2.52. The topological polar surface area (TPSA) is 55.8 Å². The van der Waals surface area contributed by atoms with E-state index < -0.39 is 0 Å². The molecule has 0 aromatic heterocycles. The molecule has 2 fully saturated rings. The average Bonchev–Trinajstić information content (AvgIpc) is 2.98. The number of phenols is 1. The van der Waals surface area contributed by atoms with E-state index in [0.29, 0.717) is 0 Å². The Hall–Kier alpha value is -1.59. The van der Waals surface area contributed by atoms with Gasteiger partial charge in [0.15, 0.2) is 0 Å². The molecule has 2 N–H and O–H groups in total. The lowest BCUT2D eigenvalue weighted by Gasteiger charge is -2.33. The molecule has 5 nitrogen and oxygen atoms in total. The zero-order valence-corrected chi connectivity index (χ0v) is 12.3. The highest BCUT2D eigenvalue weighted by molar-refractivity contribution is 5.82. The number of nitrogens with one attached hydrogen (secondary N) is 1. The van der Waals surface area contributed by atoms with Crippen molar-refractivity contribution in [3.8, 4) is 5.75 Å². The van der Waals surface area contributed by atoms with Crippen LogP contribution >= 0.6 is 0 Å². The Balaban J connectivity index is 1.64. The van der Waals surface area contributed by atoms with E-state index in [0.717, 1.165) is 57.7 Å². The van der Waals surface area contributed by atoms with Crippen LogP contribution in [0.25, 0.3) is 0 Å². The first kappa shape index (κ1) is 14.4. The first-order chi connectivity index (χ1) is 10.2. The van der Waals surface area contributed by atoms with Crippen LogP contribution in [-0.4, -0.2) is 59.6 Å². The number of piperazine rings is 1. The van der Waals surface area contributed by atoms with Gasteiger partial charge in [0.25, 0.3) is 0 Å². The van der Waals surface area contributed by atoms with Gasteiger partial charge in [0.2, 0.25) is 5.91 Å². The molecule has 0 radical (unpaired) electrons. The summed E-state index contributed by atoms with van der Waals surface area (Å²) in [6, 6.07) is 7.30. The van der Waals surface area contributed by atoms with E-state index in [4.69, 9.17) is 0 Å². The molecule has 2 aliphatic rings. The second kappa shape index (κ2) is 6.45. The predicted molar refractivity (Wildman–Crippen MR) is 81.0 cm³/mol. The van der Waals surface area contributed by atoms with Crippen molar-refractivity contribution in [1.29, 1.82) is 0 Å². The number of rotatable bonds is 3. The van der Waals surface area contributed by atoms with Gasteiger partial charge in [-0.05, 0) is 37.1 Å². The Morgan fingerprint density at radius 2 is 1.90 bits per heavy atom. The van der Waals surface area contributed by atoms with Gasteiger partial charge in [0.1, 0.15) is 5.75 Å². The third-order valence-corrected chi connectivity index (χ3v) is 4.40. The van der Waals surface area contributed by atoms with Crippen LogP contribution in [0.2, 0.25) is 0 Å². The van der Waals surface area contributed by atoms with E-state index in [1.54, 1.807) is 12.1 Å². The van der Waals surface area contributed by atoms with Crippen LogP contribution in [0.5, 0.6) is 5.75 Å². The molecule has 1 amide bonds. The molecular weight excluding hydrogens is 266 g/mol. The molecule has 2 saturated heterocycles. The van der Waals surface area contributed by atoms with Crippen LogP contribution in [0.3, 0.4) is 0 Å². The minimum Gasteiger partial charge on any atom is -0.508 e. The maximum Gasteiger partial charge on any atom is 0.240 e. The second-order valence-electron chi connectivity index (χ2n) is 5.87. The van der Waals surface area contributed by atoms with Gasteiger partial charge >= 0.3 is 0 Å². The third-order valence-electron chi connectivity index (χ3n) is 4.40. The summed E-state index contributed by atoms with van der Waals surface area (Å²) in [6.45, 7) is 5.20. The van der Waals surface area contributed by atoms with Crippen molar-refractivity contribution in [2.24, 2.45) is 0 Å². The summed E-state index contributed by atoms with van der Waals surface area (Å²) in [4.78, 5) is 16.9. The molecule has 1 atom stereocenters. The molecule has 114 valence electrons. The standard InChI is InChI=1S/C16H23N3O2/c20-14-5-3-13(4-6-14)12-19-9-1-2-15(19)16(21)18-10-7-17-8-11-18/h3-6,15,17,20H,1-2,7-12H2. The fourth-order valence-electron chi connectivity index (χ4n) is 3.23. The third kappa shape index (κ3) is 3.36. The van der Waals surface area contributed by atoms with Gasteiger partial charge in [-0.3, -0.25) is 9.69 Å². The summed E-state index contributed by atoms with van der Waals surface area (Å²) in [5, 5.41) is 12.6. The first-order valence-corrected chi connectivity index (χ1v) is 7.75. The number of benzene rings is 1. The Morgan fingerprint density at radius 1 is 1.19 bits per heavy atom. The van der Waals surface area contributed by atoms with Crippen molar-refractivity contribution >= 4 is 5.91 Å². The fraction of sp³-hybridized carbons (Fsp3) is 0.562. The molecule has 0 bridgehead atoms. The summed E-state index contributed by atoms with van der Waals surface area (Å²) in [6.07, 6.45) is 2.04. The van der Waals surface area contributed by atoms with Crippen LogP contribution in [0, 0.1) is 0 Å². The number of aromatic hydroxyl groups is 1.